The molecule has 0 bridgehead atoms. The Bertz CT molecular complexity index is 670. The molecule has 2 rings (SSSR count). The lowest BCUT2D eigenvalue weighted by Crippen LogP contribution is -2.24. The van der Waals surface area contributed by atoms with Crippen LogP contribution in [0.3, 0.4) is 0 Å². The van der Waals surface area contributed by atoms with E-state index in [0.29, 0.717) is 18.5 Å². The third-order valence-corrected chi connectivity index (χ3v) is 4.04. The minimum atomic E-state index is -0.309. The van der Waals surface area contributed by atoms with Gasteiger partial charge < -0.3 is 14.5 Å². The zero-order valence-electron chi connectivity index (χ0n) is 12.7. The number of rotatable bonds is 5. The molecule has 0 radical (unpaired) electrons. The quantitative estimate of drug-likeness (QED) is 0.864. The van der Waals surface area contributed by atoms with Gasteiger partial charge in [0.15, 0.2) is 0 Å². The van der Waals surface area contributed by atoms with E-state index in [0.717, 1.165) is 16.1 Å². The molecule has 0 aromatic carbocycles. The van der Waals surface area contributed by atoms with Crippen molar-refractivity contribution < 1.29 is 14.3 Å². The summed E-state index contributed by atoms with van der Waals surface area (Å²) in [5.41, 5.74) is 2.34. The predicted octanol–water partition coefficient (Wildman–Crippen LogP) is 2.55. The molecule has 2 aromatic rings. The van der Waals surface area contributed by atoms with Gasteiger partial charge in [-0.15, -0.1) is 11.3 Å². The van der Waals surface area contributed by atoms with Gasteiger partial charge in [-0.1, -0.05) is 0 Å². The number of aryl methyl sites for hydroxylation is 1. The number of hydrogen-bond acceptors (Lipinski definition) is 4. The van der Waals surface area contributed by atoms with Gasteiger partial charge in [0.05, 0.1) is 18.1 Å². The molecule has 0 saturated carbocycles. The van der Waals surface area contributed by atoms with Crippen molar-refractivity contribution in [2.24, 2.45) is 0 Å². The van der Waals surface area contributed by atoms with Crippen molar-refractivity contribution in [3.8, 4) is 0 Å². The van der Waals surface area contributed by atoms with Crippen molar-refractivity contribution in [3.63, 3.8) is 0 Å². The van der Waals surface area contributed by atoms with E-state index in [4.69, 9.17) is 4.74 Å². The summed E-state index contributed by atoms with van der Waals surface area (Å²) >= 11 is 1.46. The lowest BCUT2D eigenvalue weighted by atomic mass is 10.2. The molecule has 0 unspecified atom stereocenters. The van der Waals surface area contributed by atoms with Crippen LogP contribution in [0.2, 0.25) is 0 Å². The van der Waals surface area contributed by atoms with Crippen LogP contribution in [0.1, 0.15) is 42.4 Å². The van der Waals surface area contributed by atoms with Gasteiger partial charge >= 0.3 is 5.97 Å². The topological polar surface area (TPSA) is 59.8 Å². The highest BCUT2D eigenvalue weighted by Gasteiger charge is 2.21. The van der Waals surface area contributed by atoms with E-state index in [9.17, 15) is 9.59 Å². The van der Waals surface area contributed by atoms with Crippen LogP contribution in [-0.2, 0) is 16.0 Å². The highest BCUT2D eigenvalue weighted by atomic mass is 32.1. The van der Waals surface area contributed by atoms with Gasteiger partial charge in [0.25, 0.3) is 0 Å². The van der Waals surface area contributed by atoms with Crippen LogP contribution in [0.15, 0.2) is 11.6 Å². The molecule has 0 fully saturated rings. The fourth-order valence-corrected chi connectivity index (χ4v) is 3.28. The number of hydrogen-bond donors (Lipinski definition) is 1. The molecule has 6 heteroatoms. The van der Waals surface area contributed by atoms with Crippen LogP contribution < -0.4 is 5.32 Å². The van der Waals surface area contributed by atoms with Gasteiger partial charge in [-0.3, -0.25) is 4.79 Å². The normalized spacial score (nSPS) is 11.1. The fourth-order valence-electron chi connectivity index (χ4n) is 2.19. The van der Waals surface area contributed by atoms with Gasteiger partial charge in [0, 0.05) is 23.8 Å². The van der Waals surface area contributed by atoms with Crippen molar-refractivity contribution in [3.05, 3.63) is 28.4 Å². The third-order valence-electron chi connectivity index (χ3n) is 3.03. The highest BCUT2D eigenvalue weighted by molar-refractivity contribution is 7.16. The van der Waals surface area contributed by atoms with Crippen LogP contribution in [0.25, 0.3) is 4.83 Å². The predicted molar refractivity (Wildman–Crippen MR) is 83.0 cm³/mol. The van der Waals surface area contributed by atoms with Crippen molar-refractivity contribution in [2.75, 3.05) is 6.54 Å². The second-order valence-corrected chi connectivity index (χ2v) is 6.03. The molecule has 0 aliphatic carbocycles. The highest BCUT2D eigenvalue weighted by Crippen LogP contribution is 2.27. The summed E-state index contributed by atoms with van der Waals surface area (Å²) < 4.78 is 7.20. The van der Waals surface area contributed by atoms with Crippen LogP contribution in [0.4, 0.5) is 0 Å². The minimum absolute atomic E-state index is 0.0186. The Morgan fingerprint density at radius 1 is 1.43 bits per heavy atom. The van der Waals surface area contributed by atoms with E-state index in [1.165, 1.54) is 11.3 Å². The van der Waals surface area contributed by atoms with Crippen LogP contribution in [0.5, 0.6) is 0 Å². The summed E-state index contributed by atoms with van der Waals surface area (Å²) in [5.74, 6) is -0.328. The molecule has 2 heterocycles. The van der Waals surface area contributed by atoms with Crippen LogP contribution in [0, 0.1) is 6.92 Å². The molecule has 0 aliphatic heterocycles. The lowest BCUT2D eigenvalue weighted by molar-refractivity contribution is -0.120. The first-order valence-corrected chi connectivity index (χ1v) is 7.87. The summed E-state index contributed by atoms with van der Waals surface area (Å²) in [6.07, 6.45) is 2.04. The number of nitrogens with zero attached hydrogens (tertiary/aromatic N) is 1. The van der Waals surface area contributed by atoms with Gasteiger partial charge in [-0.2, -0.15) is 0 Å². The van der Waals surface area contributed by atoms with Crippen molar-refractivity contribution in [1.29, 1.82) is 0 Å². The van der Waals surface area contributed by atoms with E-state index >= 15 is 0 Å². The van der Waals surface area contributed by atoms with E-state index in [2.05, 4.69) is 5.32 Å². The molecule has 0 spiro atoms. The van der Waals surface area contributed by atoms with Gasteiger partial charge in [-0.25, -0.2) is 4.79 Å². The molecule has 5 nitrogen and oxygen atoms in total. The van der Waals surface area contributed by atoms with Gasteiger partial charge in [-0.05, 0) is 33.3 Å². The molecule has 21 heavy (non-hydrogen) atoms. The Morgan fingerprint density at radius 2 is 2.14 bits per heavy atom. The Morgan fingerprint density at radius 3 is 2.76 bits per heavy atom. The minimum Gasteiger partial charge on any atom is -0.459 e. The number of thiazole rings is 1. The van der Waals surface area contributed by atoms with Crippen LogP contribution in [-0.4, -0.2) is 28.9 Å². The maximum atomic E-state index is 12.2. The zero-order valence-corrected chi connectivity index (χ0v) is 13.5. The Kier molecular flexibility index (Phi) is 4.67. The average molecular weight is 308 g/mol. The Hall–Kier alpha value is -1.82. The maximum absolute atomic E-state index is 12.2. The van der Waals surface area contributed by atoms with E-state index < -0.39 is 0 Å². The molecular formula is C15H20N2O3S. The van der Waals surface area contributed by atoms with E-state index in [1.807, 2.05) is 43.7 Å². The second kappa shape index (κ2) is 6.30. The Labute approximate surface area is 127 Å². The number of aromatic nitrogens is 1. The summed E-state index contributed by atoms with van der Waals surface area (Å²) in [7, 11) is 0. The molecule has 0 aliphatic rings. The van der Waals surface area contributed by atoms with Crippen molar-refractivity contribution in [1.82, 2.24) is 9.72 Å². The molecule has 2 aromatic heterocycles. The van der Waals surface area contributed by atoms with Gasteiger partial charge in [0.2, 0.25) is 5.91 Å². The van der Waals surface area contributed by atoms with Gasteiger partial charge in [0.1, 0.15) is 4.83 Å². The molecule has 0 atom stereocenters. The smallest absolute Gasteiger partial charge is 0.341 e. The SMILES string of the molecule is CCNC(=O)Cc1csc2c(C(=O)OC(C)C)c(C)cn12. The first kappa shape index (κ1) is 15.6. The summed E-state index contributed by atoms with van der Waals surface area (Å²) in [4.78, 5) is 24.7. The summed E-state index contributed by atoms with van der Waals surface area (Å²) in [6.45, 7) is 8.04. The molecule has 1 amide bonds. The monoisotopic (exact) mass is 308 g/mol. The summed E-state index contributed by atoms with van der Waals surface area (Å²) in [5, 5.41) is 4.69. The maximum Gasteiger partial charge on any atom is 0.341 e. The number of likely N-dealkylation sites (N-methyl/N-ethyl adjacent to an activating group) is 1. The van der Waals surface area contributed by atoms with E-state index in [-0.39, 0.29) is 18.0 Å². The molecule has 114 valence electrons. The molecule has 0 saturated heterocycles. The standard InChI is InChI=1S/C15H20N2O3S/c1-5-16-12(18)6-11-8-21-14-13(10(4)7-17(11)14)15(19)20-9(2)3/h7-9H,5-6H2,1-4H3,(H,16,18). The number of fused-ring (bicyclic) bond motifs is 1. The average Bonchev–Trinajstić information content (AvgIpc) is 2.88. The first-order chi connectivity index (χ1) is 9.93. The number of ether oxygens (including phenoxy) is 1. The van der Waals surface area contributed by atoms with Crippen LogP contribution >= 0.6 is 11.3 Å². The largest absolute Gasteiger partial charge is 0.459 e. The second-order valence-electron chi connectivity index (χ2n) is 5.17. The third kappa shape index (κ3) is 3.26. The molecular weight excluding hydrogens is 288 g/mol. The number of amides is 1. The summed E-state index contributed by atoms with van der Waals surface area (Å²) in [6, 6.07) is 0. The number of carbonyl (C=O) groups is 2. The number of nitrogens with one attached hydrogen (secondary N) is 1. The number of carbonyl (C=O) groups excluding carboxylic acids is 2. The van der Waals surface area contributed by atoms with Crippen molar-refractivity contribution in [2.45, 2.75) is 40.2 Å². The number of esters is 1. The van der Waals surface area contributed by atoms with Crippen molar-refractivity contribution >= 4 is 28.0 Å². The fraction of sp³-hybridized carbons (Fsp3) is 0.467. The van der Waals surface area contributed by atoms with E-state index in [1.54, 1.807) is 0 Å². The lowest BCUT2D eigenvalue weighted by Gasteiger charge is -2.07. The first-order valence-electron chi connectivity index (χ1n) is 6.99. The zero-order chi connectivity index (χ0) is 15.6. The Balaban J connectivity index is 2.34. The molecule has 1 N–H and O–H groups in total.